The molecule has 6 nitrogen and oxygen atoms in total. The Morgan fingerprint density at radius 1 is 1.09 bits per heavy atom. The molecule has 0 unspecified atom stereocenters. The first-order chi connectivity index (χ1) is 16.7. The van der Waals surface area contributed by atoms with Crippen LogP contribution in [-0.2, 0) is 15.6 Å². The number of nitrogens with zero attached hydrogens (tertiary/aromatic N) is 3. The molecule has 1 saturated heterocycles. The van der Waals surface area contributed by atoms with Crippen LogP contribution in [0.15, 0.2) is 59.8 Å². The summed E-state index contributed by atoms with van der Waals surface area (Å²) in [5, 5.41) is 0.403. The summed E-state index contributed by atoms with van der Waals surface area (Å²) in [5.41, 5.74) is 1.66. The van der Waals surface area contributed by atoms with Crippen LogP contribution in [-0.4, -0.2) is 42.0 Å². The zero-order valence-electron chi connectivity index (χ0n) is 18.7. The topological polar surface area (TPSA) is 72.4 Å². The Hall–Kier alpha value is -2.50. The molecule has 3 atom stereocenters. The molecular formula is C24H24F3N3O3S2. The average Bonchev–Trinajstić information content (AvgIpc) is 3.35. The van der Waals surface area contributed by atoms with E-state index in [1.807, 2.05) is 30.3 Å². The van der Waals surface area contributed by atoms with Crippen LogP contribution in [0.3, 0.4) is 0 Å². The summed E-state index contributed by atoms with van der Waals surface area (Å²) in [6.45, 7) is 0.656. The molecule has 11 heteroatoms. The van der Waals surface area contributed by atoms with Gasteiger partial charge < -0.3 is 4.74 Å². The van der Waals surface area contributed by atoms with Gasteiger partial charge in [-0.25, -0.2) is 13.4 Å². The van der Waals surface area contributed by atoms with E-state index in [0.717, 1.165) is 22.7 Å². The Kier molecular flexibility index (Phi) is 6.58. The largest absolute Gasteiger partial charge is 0.493 e. The van der Waals surface area contributed by atoms with Crippen LogP contribution in [0.1, 0.15) is 47.5 Å². The van der Waals surface area contributed by atoms with Crippen LogP contribution in [0.25, 0.3) is 0 Å². The summed E-state index contributed by atoms with van der Waals surface area (Å²) in [4.78, 5) is 6.22. The highest BCUT2D eigenvalue weighted by Crippen LogP contribution is 2.48. The van der Waals surface area contributed by atoms with E-state index in [1.165, 1.54) is 12.4 Å². The van der Waals surface area contributed by atoms with E-state index in [4.69, 9.17) is 4.74 Å². The molecule has 0 amide bonds. The Bertz CT molecular complexity index is 1270. The fourth-order valence-corrected chi connectivity index (χ4v) is 7.17. The van der Waals surface area contributed by atoms with Crippen LogP contribution in [0.4, 0.5) is 13.2 Å². The number of ether oxygens (including phenoxy) is 1. The van der Waals surface area contributed by atoms with Crippen molar-refractivity contribution in [2.24, 2.45) is 5.92 Å². The van der Waals surface area contributed by atoms with Gasteiger partial charge in [-0.1, -0.05) is 36.4 Å². The number of sulfone groups is 1. The van der Waals surface area contributed by atoms with E-state index >= 15 is 0 Å². The molecule has 2 aliphatic rings. The number of aromatic nitrogens is 2. The maximum absolute atomic E-state index is 13.6. The van der Waals surface area contributed by atoms with Crippen molar-refractivity contribution in [1.82, 2.24) is 14.3 Å². The number of hydrogen-bond donors (Lipinski definition) is 0. The lowest BCUT2D eigenvalue weighted by Crippen LogP contribution is -2.44. The van der Waals surface area contributed by atoms with E-state index in [2.05, 4.69) is 14.3 Å². The van der Waals surface area contributed by atoms with E-state index in [-0.39, 0.29) is 29.5 Å². The molecule has 0 aliphatic carbocycles. The third kappa shape index (κ3) is 5.07. The number of hydrogen-bond acceptors (Lipinski definition) is 7. The predicted molar refractivity (Wildman–Crippen MR) is 125 cm³/mol. The Balaban J connectivity index is 1.46. The molecule has 0 saturated carbocycles. The molecule has 0 N–H and O–H groups in total. The molecule has 35 heavy (non-hydrogen) atoms. The highest BCUT2D eigenvalue weighted by atomic mass is 32.2. The van der Waals surface area contributed by atoms with Gasteiger partial charge in [-0.05, 0) is 48.6 Å². The van der Waals surface area contributed by atoms with Crippen molar-refractivity contribution in [3.8, 4) is 5.75 Å². The first-order valence-electron chi connectivity index (χ1n) is 11.3. The zero-order chi connectivity index (χ0) is 24.6. The second kappa shape index (κ2) is 9.51. The third-order valence-corrected chi connectivity index (χ3v) is 9.23. The number of halogens is 3. The molecule has 5 rings (SSSR count). The SMILES string of the molecule is O=S(=O)(Cc1ncns1)c1ccc2c(c1)OCC[C@@H]2N1CC[C@@H](C(F)(F)F)C[C@H]1c1ccccc1. The first-order valence-corrected chi connectivity index (χ1v) is 13.8. The minimum absolute atomic E-state index is 0.00544. The number of piperidine rings is 1. The van der Waals surface area contributed by atoms with E-state index in [9.17, 15) is 21.6 Å². The van der Waals surface area contributed by atoms with Gasteiger partial charge in [-0.2, -0.15) is 17.5 Å². The zero-order valence-corrected chi connectivity index (χ0v) is 20.3. The highest BCUT2D eigenvalue weighted by molar-refractivity contribution is 7.90. The summed E-state index contributed by atoms with van der Waals surface area (Å²) in [6.07, 6.45) is -2.27. The van der Waals surface area contributed by atoms with Crippen LogP contribution >= 0.6 is 11.5 Å². The summed E-state index contributed by atoms with van der Waals surface area (Å²) >= 11 is 1.03. The maximum Gasteiger partial charge on any atom is 0.391 e. The standard InChI is InChI=1S/C24H24F3N3O3S2/c25-24(26,27)17-8-10-30(21(12-17)16-4-2-1-3-5-16)20-9-11-33-22-13-18(6-7-19(20)22)35(31,32)14-23-28-15-29-34-23/h1-7,13,15,17,20-21H,8-12,14H2/t17-,20+,21+/m1/s1. The maximum atomic E-state index is 13.6. The second-order valence-electron chi connectivity index (χ2n) is 8.87. The number of likely N-dealkylation sites (tertiary alicyclic amines) is 1. The Labute approximate surface area is 205 Å². The molecule has 0 bridgehead atoms. The minimum atomic E-state index is -4.23. The highest BCUT2D eigenvalue weighted by Gasteiger charge is 2.46. The van der Waals surface area contributed by atoms with Crippen LogP contribution in [0.2, 0.25) is 0 Å². The number of alkyl halides is 3. The molecule has 2 aromatic carbocycles. The lowest BCUT2D eigenvalue weighted by atomic mass is 9.84. The van der Waals surface area contributed by atoms with Gasteiger partial charge in [0, 0.05) is 24.1 Å². The Morgan fingerprint density at radius 3 is 2.60 bits per heavy atom. The molecule has 3 aromatic rings. The number of rotatable bonds is 5. The fourth-order valence-electron chi connectivity index (χ4n) is 5.05. The molecule has 186 valence electrons. The van der Waals surface area contributed by atoms with Crippen molar-refractivity contribution < 1.29 is 26.3 Å². The predicted octanol–water partition coefficient (Wildman–Crippen LogP) is 5.35. The fraction of sp³-hybridized carbons (Fsp3) is 0.417. The minimum Gasteiger partial charge on any atom is -0.493 e. The second-order valence-corrected chi connectivity index (χ2v) is 11.7. The van der Waals surface area contributed by atoms with Gasteiger partial charge in [0.25, 0.3) is 0 Å². The molecule has 0 radical (unpaired) electrons. The monoisotopic (exact) mass is 523 g/mol. The van der Waals surface area contributed by atoms with E-state index < -0.39 is 28.0 Å². The number of fused-ring (bicyclic) bond motifs is 1. The lowest BCUT2D eigenvalue weighted by molar-refractivity contribution is -0.192. The van der Waals surface area contributed by atoms with Gasteiger partial charge in [0.15, 0.2) is 9.84 Å². The molecule has 1 fully saturated rings. The molecule has 3 heterocycles. The van der Waals surface area contributed by atoms with Gasteiger partial charge in [0.2, 0.25) is 0 Å². The van der Waals surface area contributed by atoms with Crippen LogP contribution in [0.5, 0.6) is 5.75 Å². The molecule has 0 spiro atoms. The first kappa shape index (κ1) is 24.2. The molecule has 2 aliphatic heterocycles. The van der Waals surface area contributed by atoms with Crippen molar-refractivity contribution in [3.05, 3.63) is 71.0 Å². The van der Waals surface area contributed by atoms with Crippen LogP contribution < -0.4 is 4.74 Å². The van der Waals surface area contributed by atoms with Crippen molar-refractivity contribution in [3.63, 3.8) is 0 Å². The van der Waals surface area contributed by atoms with Gasteiger partial charge in [0.1, 0.15) is 22.8 Å². The Morgan fingerprint density at radius 2 is 1.89 bits per heavy atom. The van der Waals surface area contributed by atoms with Crippen molar-refractivity contribution >= 4 is 21.4 Å². The van der Waals surface area contributed by atoms with Crippen LogP contribution in [0, 0.1) is 5.92 Å². The summed E-state index contributed by atoms with van der Waals surface area (Å²) < 4.78 is 76.4. The summed E-state index contributed by atoms with van der Waals surface area (Å²) in [6, 6.07) is 13.5. The lowest BCUT2D eigenvalue weighted by Gasteiger charge is -2.46. The van der Waals surface area contributed by atoms with E-state index in [0.29, 0.717) is 30.3 Å². The normalized spacial score (nSPS) is 23.5. The molecular weight excluding hydrogens is 499 g/mol. The quantitative estimate of drug-likeness (QED) is 0.449. The van der Waals surface area contributed by atoms with Crippen molar-refractivity contribution in [1.29, 1.82) is 0 Å². The van der Waals surface area contributed by atoms with Gasteiger partial charge in [-0.3, -0.25) is 4.90 Å². The van der Waals surface area contributed by atoms with Crippen molar-refractivity contribution in [2.45, 2.75) is 48.2 Å². The summed E-state index contributed by atoms with van der Waals surface area (Å²) in [5.74, 6) is -1.14. The van der Waals surface area contributed by atoms with Gasteiger partial charge >= 0.3 is 6.18 Å². The average molecular weight is 524 g/mol. The van der Waals surface area contributed by atoms with Gasteiger partial charge in [-0.15, -0.1) is 0 Å². The van der Waals surface area contributed by atoms with E-state index in [1.54, 1.807) is 12.1 Å². The smallest absolute Gasteiger partial charge is 0.391 e. The summed E-state index contributed by atoms with van der Waals surface area (Å²) in [7, 11) is -3.65. The van der Waals surface area contributed by atoms with Gasteiger partial charge in [0.05, 0.1) is 17.4 Å². The van der Waals surface area contributed by atoms with Crippen molar-refractivity contribution in [2.75, 3.05) is 13.2 Å². The number of benzene rings is 2. The molecule has 1 aromatic heterocycles. The third-order valence-electron chi connectivity index (χ3n) is 6.76.